The normalized spacial score (nSPS) is 23.9. The molecular weight excluding hydrogens is 246 g/mol. The number of nitrogens with one attached hydrogen (secondary N) is 1. The molecule has 2 atom stereocenters. The number of nitrogens with zero attached hydrogens (tertiary/aromatic N) is 2. The van der Waals surface area contributed by atoms with E-state index in [2.05, 4.69) is 55.4 Å². The van der Waals surface area contributed by atoms with Crippen molar-refractivity contribution >= 4 is 16.7 Å². The number of piperidine rings is 1. The monoisotopic (exact) mass is 269 g/mol. The first-order valence-electron chi connectivity index (χ1n) is 7.45. The predicted octanol–water partition coefficient (Wildman–Crippen LogP) is 3.30. The molecule has 1 fully saturated rings. The van der Waals surface area contributed by atoms with Crippen molar-refractivity contribution < 1.29 is 0 Å². The fourth-order valence-corrected chi connectivity index (χ4v) is 3.11. The van der Waals surface area contributed by atoms with Gasteiger partial charge in [-0.05, 0) is 50.6 Å². The average molecular weight is 269 g/mol. The van der Waals surface area contributed by atoms with Crippen LogP contribution in [0.2, 0.25) is 0 Å². The van der Waals surface area contributed by atoms with E-state index in [0.29, 0.717) is 12.0 Å². The summed E-state index contributed by atoms with van der Waals surface area (Å²) >= 11 is 0. The highest BCUT2D eigenvalue weighted by Crippen LogP contribution is 2.24. The van der Waals surface area contributed by atoms with E-state index in [9.17, 15) is 0 Å². The molecule has 2 heterocycles. The number of pyridine rings is 1. The summed E-state index contributed by atoms with van der Waals surface area (Å²) in [7, 11) is 2.20. The first kappa shape index (κ1) is 13.4. The molecule has 0 amide bonds. The zero-order valence-electron chi connectivity index (χ0n) is 12.6. The Morgan fingerprint density at radius 2 is 2.10 bits per heavy atom. The van der Waals surface area contributed by atoms with E-state index in [-0.39, 0.29) is 0 Å². The molecule has 0 spiro atoms. The summed E-state index contributed by atoms with van der Waals surface area (Å²) in [5, 5.41) is 4.89. The van der Waals surface area contributed by atoms with Crippen molar-refractivity contribution in [2.24, 2.45) is 5.92 Å². The molecule has 2 unspecified atom stereocenters. The second kappa shape index (κ2) is 5.41. The van der Waals surface area contributed by atoms with Gasteiger partial charge in [-0.2, -0.15) is 0 Å². The van der Waals surface area contributed by atoms with Gasteiger partial charge in [-0.25, -0.2) is 4.98 Å². The van der Waals surface area contributed by atoms with Gasteiger partial charge < -0.3 is 10.2 Å². The second-order valence-electron chi connectivity index (χ2n) is 6.13. The van der Waals surface area contributed by atoms with Gasteiger partial charge in [0.2, 0.25) is 0 Å². The molecule has 0 saturated carbocycles. The number of anilines is 1. The lowest BCUT2D eigenvalue weighted by Gasteiger charge is -2.35. The summed E-state index contributed by atoms with van der Waals surface area (Å²) < 4.78 is 0. The van der Waals surface area contributed by atoms with Crippen LogP contribution in [0.1, 0.15) is 18.9 Å². The molecule has 1 aliphatic rings. The van der Waals surface area contributed by atoms with Crippen LogP contribution in [0.25, 0.3) is 10.9 Å². The Labute approximate surface area is 121 Å². The largest absolute Gasteiger partial charge is 0.367 e. The zero-order chi connectivity index (χ0) is 14.1. The fraction of sp³-hybridized carbons (Fsp3) is 0.471. The van der Waals surface area contributed by atoms with Gasteiger partial charge in [0.05, 0.1) is 5.52 Å². The SMILES string of the molecule is Cc1cc2ccccc2nc1NC1CCN(C)CC1C. The van der Waals surface area contributed by atoms with Crippen molar-refractivity contribution in [2.45, 2.75) is 26.3 Å². The molecule has 1 aliphatic heterocycles. The first-order chi connectivity index (χ1) is 9.63. The van der Waals surface area contributed by atoms with E-state index in [1.165, 1.54) is 17.4 Å². The number of hydrogen-bond acceptors (Lipinski definition) is 3. The number of hydrogen-bond donors (Lipinski definition) is 1. The Kier molecular flexibility index (Phi) is 3.62. The lowest BCUT2D eigenvalue weighted by atomic mass is 9.94. The van der Waals surface area contributed by atoms with Crippen molar-refractivity contribution in [1.29, 1.82) is 0 Å². The summed E-state index contributed by atoms with van der Waals surface area (Å²) in [6.45, 7) is 6.78. The van der Waals surface area contributed by atoms with Crippen LogP contribution in [0.5, 0.6) is 0 Å². The molecule has 1 saturated heterocycles. The summed E-state index contributed by atoms with van der Waals surface area (Å²) in [4.78, 5) is 7.20. The summed E-state index contributed by atoms with van der Waals surface area (Å²) in [6, 6.07) is 11.1. The minimum atomic E-state index is 0.526. The fourth-order valence-electron chi connectivity index (χ4n) is 3.11. The molecule has 0 radical (unpaired) electrons. The van der Waals surface area contributed by atoms with Crippen LogP contribution in [-0.2, 0) is 0 Å². The van der Waals surface area contributed by atoms with E-state index < -0.39 is 0 Å². The molecule has 1 aromatic carbocycles. The number of para-hydroxylation sites is 1. The molecule has 3 nitrogen and oxygen atoms in total. The van der Waals surface area contributed by atoms with E-state index in [1.807, 2.05) is 6.07 Å². The van der Waals surface area contributed by atoms with Crippen LogP contribution in [0.15, 0.2) is 30.3 Å². The number of aryl methyl sites for hydroxylation is 1. The minimum absolute atomic E-state index is 0.526. The molecule has 2 aromatic rings. The van der Waals surface area contributed by atoms with Crippen molar-refractivity contribution in [3.05, 3.63) is 35.9 Å². The topological polar surface area (TPSA) is 28.2 Å². The Balaban J connectivity index is 1.85. The van der Waals surface area contributed by atoms with Crippen molar-refractivity contribution in [1.82, 2.24) is 9.88 Å². The Bertz CT molecular complexity index is 608. The van der Waals surface area contributed by atoms with E-state index in [4.69, 9.17) is 4.98 Å². The second-order valence-corrected chi connectivity index (χ2v) is 6.13. The number of fused-ring (bicyclic) bond motifs is 1. The maximum atomic E-state index is 4.80. The first-order valence-corrected chi connectivity index (χ1v) is 7.45. The molecule has 3 rings (SSSR count). The van der Waals surface area contributed by atoms with E-state index in [0.717, 1.165) is 24.4 Å². The highest BCUT2D eigenvalue weighted by molar-refractivity contribution is 5.81. The van der Waals surface area contributed by atoms with Crippen LogP contribution < -0.4 is 5.32 Å². The quantitative estimate of drug-likeness (QED) is 0.906. The van der Waals surface area contributed by atoms with E-state index in [1.54, 1.807) is 0 Å². The Morgan fingerprint density at radius 3 is 2.90 bits per heavy atom. The van der Waals surface area contributed by atoms with Gasteiger partial charge in [0.1, 0.15) is 5.82 Å². The molecule has 1 N–H and O–H groups in total. The average Bonchev–Trinajstić information content (AvgIpc) is 2.42. The predicted molar refractivity (Wildman–Crippen MR) is 85.2 cm³/mol. The van der Waals surface area contributed by atoms with Crippen LogP contribution in [-0.4, -0.2) is 36.1 Å². The summed E-state index contributed by atoms with van der Waals surface area (Å²) in [6.07, 6.45) is 1.19. The number of aromatic nitrogens is 1. The van der Waals surface area contributed by atoms with Gasteiger partial charge in [-0.1, -0.05) is 25.1 Å². The highest BCUT2D eigenvalue weighted by atomic mass is 15.1. The van der Waals surface area contributed by atoms with Gasteiger partial charge in [0.15, 0.2) is 0 Å². The van der Waals surface area contributed by atoms with Crippen molar-refractivity contribution in [2.75, 3.05) is 25.5 Å². The van der Waals surface area contributed by atoms with Gasteiger partial charge in [-0.15, -0.1) is 0 Å². The lowest BCUT2D eigenvalue weighted by molar-refractivity contribution is 0.206. The van der Waals surface area contributed by atoms with Crippen LogP contribution >= 0.6 is 0 Å². The third-order valence-corrected chi connectivity index (χ3v) is 4.35. The standard InChI is InChI=1S/C17H23N3/c1-12-10-14-6-4-5-7-16(14)19-17(12)18-15-8-9-20(3)11-13(15)2/h4-7,10,13,15H,8-9,11H2,1-3H3,(H,18,19). The summed E-state index contributed by atoms with van der Waals surface area (Å²) in [5.74, 6) is 1.70. The van der Waals surface area contributed by atoms with Gasteiger partial charge in [0, 0.05) is 18.0 Å². The van der Waals surface area contributed by atoms with Crippen molar-refractivity contribution in [3.63, 3.8) is 0 Å². The summed E-state index contributed by atoms with van der Waals surface area (Å²) in [5.41, 5.74) is 2.30. The minimum Gasteiger partial charge on any atom is -0.367 e. The smallest absolute Gasteiger partial charge is 0.129 e. The van der Waals surface area contributed by atoms with Gasteiger partial charge in [-0.3, -0.25) is 0 Å². The Morgan fingerprint density at radius 1 is 1.30 bits per heavy atom. The molecule has 1 aromatic heterocycles. The third-order valence-electron chi connectivity index (χ3n) is 4.35. The lowest BCUT2D eigenvalue weighted by Crippen LogP contribution is -2.43. The highest BCUT2D eigenvalue weighted by Gasteiger charge is 2.24. The van der Waals surface area contributed by atoms with Crippen molar-refractivity contribution in [3.8, 4) is 0 Å². The molecule has 3 heteroatoms. The molecule has 0 aliphatic carbocycles. The number of likely N-dealkylation sites (tertiary alicyclic amines) is 1. The maximum Gasteiger partial charge on any atom is 0.129 e. The molecule has 0 bridgehead atoms. The number of rotatable bonds is 2. The van der Waals surface area contributed by atoms with Gasteiger partial charge >= 0.3 is 0 Å². The third kappa shape index (κ3) is 2.63. The molecule has 20 heavy (non-hydrogen) atoms. The molecular formula is C17H23N3. The van der Waals surface area contributed by atoms with Crippen LogP contribution in [0.4, 0.5) is 5.82 Å². The molecule has 106 valence electrons. The maximum absolute atomic E-state index is 4.80. The van der Waals surface area contributed by atoms with Crippen LogP contribution in [0, 0.1) is 12.8 Å². The Hall–Kier alpha value is -1.61. The number of benzene rings is 1. The van der Waals surface area contributed by atoms with E-state index >= 15 is 0 Å². The van der Waals surface area contributed by atoms with Gasteiger partial charge in [0.25, 0.3) is 0 Å². The zero-order valence-corrected chi connectivity index (χ0v) is 12.6. The van der Waals surface area contributed by atoms with Crippen LogP contribution in [0.3, 0.4) is 0 Å².